The Morgan fingerprint density at radius 2 is 1.94 bits per heavy atom. The molecule has 88 valence electrons. The van der Waals surface area contributed by atoms with E-state index in [-0.39, 0.29) is 0 Å². The first-order chi connectivity index (χ1) is 8.34. The number of thiophene rings is 1. The Labute approximate surface area is 114 Å². The molecule has 0 atom stereocenters. The van der Waals surface area contributed by atoms with Crippen molar-refractivity contribution in [2.75, 3.05) is 6.54 Å². The van der Waals surface area contributed by atoms with Crippen LogP contribution in [0.25, 0.3) is 6.08 Å². The van der Waals surface area contributed by atoms with E-state index in [9.17, 15) is 0 Å². The number of hydrogen-bond acceptors (Lipinski definition) is 2. The average molecular weight is 308 g/mol. The smallest absolute Gasteiger partial charge is 0.0704 e. The first-order valence-corrected chi connectivity index (χ1v) is 7.12. The van der Waals surface area contributed by atoms with Crippen LogP contribution in [0.2, 0.25) is 0 Å². The fraction of sp³-hybridized carbons (Fsp3) is 0.143. The fourth-order valence-corrected chi connectivity index (χ4v) is 2.84. The Hall–Kier alpha value is -0.900. The Balaban J connectivity index is 1.71. The van der Waals surface area contributed by atoms with Gasteiger partial charge >= 0.3 is 0 Å². The molecular formula is C14H14BrNS. The van der Waals surface area contributed by atoms with Gasteiger partial charge in [-0.05, 0) is 39.7 Å². The van der Waals surface area contributed by atoms with E-state index in [2.05, 4.69) is 69.8 Å². The molecule has 1 aromatic carbocycles. The van der Waals surface area contributed by atoms with E-state index in [1.54, 1.807) is 11.3 Å². The van der Waals surface area contributed by atoms with E-state index in [1.165, 1.54) is 14.2 Å². The predicted molar refractivity (Wildman–Crippen MR) is 79.2 cm³/mol. The monoisotopic (exact) mass is 307 g/mol. The van der Waals surface area contributed by atoms with Crippen molar-refractivity contribution in [3.05, 3.63) is 62.8 Å². The van der Waals surface area contributed by atoms with Gasteiger partial charge in [0.2, 0.25) is 0 Å². The first-order valence-electron chi connectivity index (χ1n) is 5.51. The van der Waals surface area contributed by atoms with Crippen LogP contribution in [0.1, 0.15) is 10.4 Å². The van der Waals surface area contributed by atoms with Crippen molar-refractivity contribution < 1.29 is 0 Å². The summed E-state index contributed by atoms with van der Waals surface area (Å²) in [6.45, 7) is 1.81. The SMILES string of the molecule is Brc1ccc(/C=C/CNCc2ccccc2)s1. The molecule has 0 aliphatic heterocycles. The summed E-state index contributed by atoms with van der Waals surface area (Å²) < 4.78 is 1.18. The summed E-state index contributed by atoms with van der Waals surface area (Å²) in [7, 11) is 0. The van der Waals surface area contributed by atoms with Gasteiger partial charge in [0, 0.05) is 18.0 Å². The molecule has 0 bridgehead atoms. The lowest BCUT2D eigenvalue weighted by molar-refractivity contribution is 0.761. The van der Waals surface area contributed by atoms with E-state index < -0.39 is 0 Å². The molecule has 0 amide bonds. The largest absolute Gasteiger partial charge is 0.309 e. The van der Waals surface area contributed by atoms with Crippen LogP contribution in [-0.2, 0) is 6.54 Å². The summed E-state index contributed by atoms with van der Waals surface area (Å²) in [5, 5.41) is 3.38. The van der Waals surface area contributed by atoms with Crippen molar-refractivity contribution in [3.63, 3.8) is 0 Å². The highest BCUT2D eigenvalue weighted by atomic mass is 79.9. The number of hydrogen-bond donors (Lipinski definition) is 1. The van der Waals surface area contributed by atoms with E-state index in [0.29, 0.717) is 0 Å². The molecule has 0 aliphatic carbocycles. The zero-order chi connectivity index (χ0) is 11.9. The standard InChI is InChI=1S/C14H14BrNS/c15-14-9-8-13(17-14)7-4-10-16-11-12-5-2-1-3-6-12/h1-9,16H,10-11H2/b7-4+. The van der Waals surface area contributed by atoms with Crippen LogP contribution in [0.15, 0.2) is 52.3 Å². The molecule has 1 aromatic heterocycles. The van der Waals surface area contributed by atoms with Gasteiger partial charge in [0.05, 0.1) is 3.79 Å². The van der Waals surface area contributed by atoms with Crippen LogP contribution < -0.4 is 5.32 Å². The summed E-state index contributed by atoms with van der Waals surface area (Å²) in [5.41, 5.74) is 1.32. The van der Waals surface area contributed by atoms with Crippen molar-refractivity contribution in [1.82, 2.24) is 5.32 Å². The molecule has 0 saturated carbocycles. The lowest BCUT2D eigenvalue weighted by Crippen LogP contribution is -2.12. The topological polar surface area (TPSA) is 12.0 Å². The van der Waals surface area contributed by atoms with Crippen LogP contribution in [0.3, 0.4) is 0 Å². The number of benzene rings is 1. The highest BCUT2D eigenvalue weighted by molar-refractivity contribution is 9.11. The Bertz CT molecular complexity index is 476. The summed E-state index contributed by atoms with van der Waals surface area (Å²) >= 11 is 5.20. The molecule has 2 aromatic rings. The van der Waals surface area contributed by atoms with E-state index in [1.807, 2.05) is 6.07 Å². The molecule has 3 heteroatoms. The van der Waals surface area contributed by atoms with Crippen molar-refractivity contribution in [1.29, 1.82) is 0 Å². The van der Waals surface area contributed by atoms with Gasteiger partial charge in [0.25, 0.3) is 0 Å². The Morgan fingerprint density at radius 1 is 1.12 bits per heavy atom. The molecule has 0 saturated heterocycles. The minimum atomic E-state index is 0.893. The maximum atomic E-state index is 3.45. The zero-order valence-corrected chi connectivity index (χ0v) is 11.8. The van der Waals surface area contributed by atoms with Crippen molar-refractivity contribution in [2.24, 2.45) is 0 Å². The van der Waals surface area contributed by atoms with Crippen LogP contribution in [-0.4, -0.2) is 6.54 Å². The van der Waals surface area contributed by atoms with Crippen LogP contribution in [0.4, 0.5) is 0 Å². The van der Waals surface area contributed by atoms with Crippen LogP contribution in [0.5, 0.6) is 0 Å². The van der Waals surface area contributed by atoms with Crippen molar-refractivity contribution >= 4 is 33.3 Å². The lowest BCUT2D eigenvalue weighted by Gasteiger charge is -2.00. The summed E-state index contributed by atoms with van der Waals surface area (Å²) in [4.78, 5) is 1.28. The second-order valence-electron chi connectivity index (χ2n) is 3.66. The molecule has 0 fully saturated rings. The van der Waals surface area contributed by atoms with E-state index in [0.717, 1.165) is 13.1 Å². The molecule has 0 aliphatic rings. The second-order valence-corrected chi connectivity index (χ2v) is 6.16. The molecule has 0 spiro atoms. The molecule has 0 radical (unpaired) electrons. The predicted octanol–water partition coefficient (Wildman–Crippen LogP) is 4.31. The third kappa shape index (κ3) is 4.46. The van der Waals surface area contributed by atoms with Gasteiger partial charge in [-0.15, -0.1) is 11.3 Å². The van der Waals surface area contributed by atoms with Crippen LogP contribution >= 0.6 is 27.3 Å². The number of nitrogens with one attached hydrogen (secondary N) is 1. The highest BCUT2D eigenvalue weighted by Crippen LogP contribution is 2.22. The maximum absolute atomic E-state index is 3.45. The van der Waals surface area contributed by atoms with Crippen molar-refractivity contribution in [3.8, 4) is 0 Å². The average Bonchev–Trinajstić information content (AvgIpc) is 2.76. The van der Waals surface area contributed by atoms with Gasteiger partial charge in [-0.3, -0.25) is 0 Å². The molecule has 0 unspecified atom stereocenters. The van der Waals surface area contributed by atoms with Gasteiger partial charge in [0.15, 0.2) is 0 Å². The van der Waals surface area contributed by atoms with E-state index in [4.69, 9.17) is 0 Å². The summed E-state index contributed by atoms with van der Waals surface area (Å²) in [6, 6.07) is 14.6. The van der Waals surface area contributed by atoms with Gasteiger partial charge < -0.3 is 5.32 Å². The lowest BCUT2D eigenvalue weighted by atomic mass is 10.2. The number of halogens is 1. The normalized spacial score (nSPS) is 11.1. The second kappa shape index (κ2) is 6.74. The minimum Gasteiger partial charge on any atom is -0.309 e. The first kappa shape index (κ1) is 12.6. The molecule has 1 nitrogen and oxygen atoms in total. The van der Waals surface area contributed by atoms with E-state index >= 15 is 0 Å². The zero-order valence-electron chi connectivity index (χ0n) is 9.40. The Kier molecular flexibility index (Phi) is 4.98. The van der Waals surface area contributed by atoms with Gasteiger partial charge in [0.1, 0.15) is 0 Å². The molecule has 2 rings (SSSR count). The maximum Gasteiger partial charge on any atom is 0.0704 e. The van der Waals surface area contributed by atoms with Crippen LogP contribution in [0, 0.1) is 0 Å². The van der Waals surface area contributed by atoms with Gasteiger partial charge in [-0.2, -0.15) is 0 Å². The molecular weight excluding hydrogens is 294 g/mol. The molecule has 1 N–H and O–H groups in total. The summed E-state index contributed by atoms with van der Waals surface area (Å²) in [6.07, 6.45) is 4.30. The van der Waals surface area contributed by atoms with Gasteiger partial charge in [-0.1, -0.05) is 36.4 Å². The van der Waals surface area contributed by atoms with Gasteiger partial charge in [-0.25, -0.2) is 0 Å². The molecule has 1 heterocycles. The fourth-order valence-electron chi connectivity index (χ4n) is 1.49. The summed E-state index contributed by atoms with van der Waals surface area (Å²) in [5.74, 6) is 0. The highest BCUT2D eigenvalue weighted by Gasteiger charge is 1.92. The third-order valence-corrected chi connectivity index (χ3v) is 3.90. The Morgan fingerprint density at radius 3 is 2.65 bits per heavy atom. The van der Waals surface area contributed by atoms with Crippen molar-refractivity contribution in [2.45, 2.75) is 6.54 Å². The molecule has 17 heavy (non-hydrogen) atoms. The number of rotatable bonds is 5. The quantitative estimate of drug-likeness (QED) is 0.812. The third-order valence-electron chi connectivity index (χ3n) is 2.31. The minimum absolute atomic E-state index is 0.893.